The quantitative estimate of drug-likeness (QED) is 0.731. The second-order valence-corrected chi connectivity index (χ2v) is 4.32. The second-order valence-electron chi connectivity index (χ2n) is 4.32. The molecule has 80 valence electrons. The lowest BCUT2D eigenvalue weighted by atomic mass is 9.95. The number of carbonyl (C=O) groups is 1. The van der Waals surface area contributed by atoms with Crippen molar-refractivity contribution in [3.63, 3.8) is 0 Å². The number of ketones is 1. The maximum atomic E-state index is 11.4. The van der Waals surface area contributed by atoms with Crippen LogP contribution in [0.2, 0.25) is 0 Å². The third-order valence-corrected chi connectivity index (χ3v) is 3.14. The normalized spacial score (nSPS) is 23.0. The van der Waals surface area contributed by atoms with Crippen LogP contribution in [0.5, 0.6) is 0 Å². The third-order valence-electron chi connectivity index (χ3n) is 3.14. The van der Waals surface area contributed by atoms with Crippen molar-refractivity contribution in [1.29, 1.82) is 0 Å². The monoisotopic (exact) mass is 203 g/mol. The number of likely N-dealkylation sites (tertiary alicyclic amines) is 1. The molecule has 0 saturated carbocycles. The van der Waals surface area contributed by atoms with Gasteiger partial charge in [0.05, 0.1) is 0 Å². The van der Waals surface area contributed by atoms with Crippen molar-refractivity contribution in [3.8, 4) is 0 Å². The van der Waals surface area contributed by atoms with Crippen LogP contribution < -0.4 is 0 Å². The van der Waals surface area contributed by atoms with Gasteiger partial charge in [-0.25, -0.2) is 0 Å². The van der Waals surface area contributed by atoms with E-state index in [-0.39, 0.29) is 0 Å². The van der Waals surface area contributed by atoms with Gasteiger partial charge in [-0.1, -0.05) is 30.3 Å². The summed E-state index contributed by atoms with van der Waals surface area (Å²) in [5.41, 5.74) is 1.32. The van der Waals surface area contributed by atoms with Gasteiger partial charge in [0.1, 0.15) is 5.78 Å². The molecule has 2 nitrogen and oxygen atoms in total. The zero-order chi connectivity index (χ0) is 10.7. The molecule has 0 radical (unpaired) electrons. The van der Waals surface area contributed by atoms with Gasteiger partial charge in [-0.2, -0.15) is 0 Å². The number of carbonyl (C=O) groups excluding carboxylic acids is 1. The summed E-state index contributed by atoms with van der Waals surface area (Å²) in [6.07, 6.45) is 2.43. The molecule has 2 heteroatoms. The maximum absolute atomic E-state index is 11.4. The topological polar surface area (TPSA) is 20.3 Å². The van der Waals surface area contributed by atoms with E-state index in [1.54, 1.807) is 0 Å². The van der Waals surface area contributed by atoms with Crippen LogP contribution in [0, 0.1) is 0 Å². The number of hydrogen-bond acceptors (Lipinski definition) is 2. The van der Waals surface area contributed by atoms with Crippen LogP contribution in [0.15, 0.2) is 30.3 Å². The first-order chi connectivity index (χ1) is 7.25. The highest BCUT2D eigenvalue weighted by Gasteiger charge is 2.23. The molecule has 0 bridgehead atoms. The lowest BCUT2D eigenvalue weighted by Crippen LogP contribution is -2.41. The Morgan fingerprint density at radius 3 is 2.80 bits per heavy atom. The number of piperidine rings is 1. The van der Waals surface area contributed by atoms with Crippen molar-refractivity contribution < 1.29 is 4.79 Å². The number of benzene rings is 1. The smallest absolute Gasteiger partial charge is 0.135 e. The molecule has 1 aromatic rings. The van der Waals surface area contributed by atoms with E-state index < -0.39 is 0 Å². The van der Waals surface area contributed by atoms with E-state index in [0.29, 0.717) is 18.2 Å². The van der Waals surface area contributed by atoms with Crippen LogP contribution in [0.4, 0.5) is 0 Å². The van der Waals surface area contributed by atoms with Gasteiger partial charge >= 0.3 is 0 Å². The lowest BCUT2D eigenvalue weighted by Gasteiger charge is -2.31. The summed E-state index contributed by atoms with van der Waals surface area (Å²) in [7, 11) is 2.11. The van der Waals surface area contributed by atoms with Crippen molar-refractivity contribution in [2.75, 3.05) is 13.6 Å². The van der Waals surface area contributed by atoms with Crippen LogP contribution in [0.1, 0.15) is 18.4 Å². The molecule has 2 rings (SSSR count). The minimum absolute atomic E-state index is 0.397. The Hall–Kier alpha value is -1.15. The molecule has 0 N–H and O–H groups in total. The Kier molecular flexibility index (Phi) is 3.17. The van der Waals surface area contributed by atoms with Crippen LogP contribution in [-0.4, -0.2) is 30.3 Å². The van der Waals surface area contributed by atoms with E-state index in [2.05, 4.69) is 36.2 Å². The first-order valence-corrected chi connectivity index (χ1v) is 5.51. The summed E-state index contributed by atoms with van der Waals surface area (Å²) in [5, 5.41) is 0. The fourth-order valence-electron chi connectivity index (χ4n) is 2.12. The summed E-state index contributed by atoms with van der Waals surface area (Å²) in [4.78, 5) is 13.7. The van der Waals surface area contributed by atoms with Crippen LogP contribution >= 0.6 is 0 Å². The molecule has 1 aromatic carbocycles. The van der Waals surface area contributed by atoms with E-state index in [4.69, 9.17) is 0 Å². The Balaban J connectivity index is 2.01. The molecular formula is C13H17NO. The number of nitrogens with zero attached hydrogens (tertiary/aromatic N) is 1. The molecule has 0 aromatic heterocycles. The highest BCUT2D eigenvalue weighted by Crippen LogP contribution is 2.16. The van der Waals surface area contributed by atoms with Crippen molar-refractivity contribution in [2.24, 2.45) is 0 Å². The van der Waals surface area contributed by atoms with Gasteiger partial charge < -0.3 is 4.90 Å². The standard InChI is InChI=1S/C13H17NO/c1-14-8-7-13(15)10-12(14)9-11-5-3-2-4-6-11/h2-6,12H,7-10H2,1H3. The van der Waals surface area contributed by atoms with Gasteiger partial charge in [-0.3, -0.25) is 4.79 Å². The molecule has 1 fully saturated rings. The zero-order valence-corrected chi connectivity index (χ0v) is 9.15. The van der Waals surface area contributed by atoms with Crippen LogP contribution in [0.25, 0.3) is 0 Å². The zero-order valence-electron chi connectivity index (χ0n) is 9.15. The summed E-state index contributed by atoms with van der Waals surface area (Å²) >= 11 is 0. The molecular weight excluding hydrogens is 186 g/mol. The van der Waals surface area contributed by atoms with E-state index in [9.17, 15) is 4.79 Å². The summed E-state index contributed by atoms with van der Waals surface area (Å²) in [6, 6.07) is 10.8. The highest BCUT2D eigenvalue weighted by molar-refractivity contribution is 5.80. The fraction of sp³-hybridized carbons (Fsp3) is 0.462. The number of likely N-dealkylation sites (N-methyl/N-ethyl adjacent to an activating group) is 1. The van der Waals surface area contributed by atoms with Gasteiger partial charge in [0.2, 0.25) is 0 Å². The largest absolute Gasteiger partial charge is 0.302 e. The molecule has 1 heterocycles. The molecule has 1 unspecified atom stereocenters. The van der Waals surface area contributed by atoms with Gasteiger partial charge in [-0.05, 0) is 19.0 Å². The third kappa shape index (κ3) is 2.66. The average molecular weight is 203 g/mol. The molecule has 1 atom stereocenters. The molecule has 1 aliphatic rings. The Labute approximate surface area is 90.9 Å². The summed E-state index contributed by atoms with van der Waals surface area (Å²) in [6.45, 7) is 0.913. The predicted molar refractivity (Wildman–Crippen MR) is 60.8 cm³/mol. The first-order valence-electron chi connectivity index (χ1n) is 5.51. The van der Waals surface area contributed by atoms with Gasteiger partial charge in [0, 0.05) is 25.4 Å². The molecule has 15 heavy (non-hydrogen) atoms. The van der Waals surface area contributed by atoms with Crippen molar-refractivity contribution in [3.05, 3.63) is 35.9 Å². The second kappa shape index (κ2) is 4.58. The van der Waals surface area contributed by atoms with Crippen molar-refractivity contribution in [1.82, 2.24) is 4.90 Å². The van der Waals surface area contributed by atoms with E-state index in [1.165, 1.54) is 5.56 Å². The van der Waals surface area contributed by atoms with E-state index in [0.717, 1.165) is 19.4 Å². The molecule has 1 aliphatic heterocycles. The number of hydrogen-bond donors (Lipinski definition) is 0. The molecule has 0 amide bonds. The van der Waals surface area contributed by atoms with Gasteiger partial charge in [0.15, 0.2) is 0 Å². The average Bonchev–Trinajstić information content (AvgIpc) is 2.25. The van der Waals surface area contributed by atoms with Gasteiger partial charge in [-0.15, -0.1) is 0 Å². The van der Waals surface area contributed by atoms with Crippen molar-refractivity contribution >= 4 is 5.78 Å². The minimum Gasteiger partial charge on any atom is -0.302 e. The number of rotatable bonds is 2. The fourth-order valence-corrected chi connectivity index (χ4v) is 2.12. The minimum atomic E-state index is 0.397. The summed E-state index contributed by atoms with van der Waals surface area (Å²) < 4.78 is 0. The maximum Gasteiger partial charge on any atom is 0.135 e. The Morgan fingerprint density at radius 2 is 2.07 bits per heavy atom. The molecule has 0 spiro atoms. The Bertz CT molecular complexity index is 334. The van der Waals surface area contributed by atoms with Crippen LogP contribution in [0.3, 0.4) is 0 Å². The number of Topliss-reactive ketones (excluding diaryl/α,β-unsaturated/α-hetero) is 1. The first kappa shape index (κ1) is 10.4. The van der Waals surface area contributed by atoms with Gasteiger partial charge in [0.25, 0.3) is 0 Å². The van der Waals surface area contributed by atoms with Crippen LogP contribution in [-0.2, 0) is 11.2 Å². The van der Waals surface area contributed by atoms with E-state index in [1.807, 2.05) is 6.07 Å². The molecule has 0 aliphatic carbocycles. The lowest BCUT2D eigenvalue weighted by molar-refractivity contribution is -0.122. The predicted octanol–water partition coefficient (Wildman–Crippen LogP) is 1.89. The van der Waals surface area contributed by atoms with Crippen molar-refractivity contribution in [2.45, 2.75) is 25.3 Å². The summed E-state index contributed by atoms with van der Waals surface area (Å²) in [5.74, 6) is 0.411. The van der Waals surface area contributed by atoms with E-state index >= 15 is 0 Å². The highest BCUT2D eigenvalue weighted by atomic mass is 16.1. The Morgan fingerprint density at radius 1 is 1.33 bits per heavy atom. The SMILES string of the molecule is CN1CCC(=O)CC1Cc1ccccc1. The molecule has 1 saturated heterocycles.